The molecule has 1 fully saturated rings. The van der Waals surface area contributed by atoms with Gasteiger partial charge in [0.25, 0.3) is 10.0 Å². The zero-order chi connectivity index (χ0) is 18.7. The van der Waals surface area contributed by atoms with Crippen LogP contribution in [0.1, 0.15) is 5.56 Å². The van der Waals surface area contributed by atoms with Gasteiger partial charge in [-0.25, -0.2) is 8.42 Å². The molecule has 26 heavy (non-hydrogen) atoms. The first-order chi connectivity index (χ1) is 12.4. The Morgan fingerprint density at radius 2 is 1.92 bits per heavy atom. The molecule has 0 unspecified atom stereocenters. The first-order valence-electron chi connectivity index (χ1n) is 8.19. The minimum absolute atomic E-state index is 0.134. The Labute approximate surface area is 162 Å². The van der Waals surface area contributed by atoms with E-state index in [4.69, 9.17) is 11.6 Å². The van der Waals surface area contributed by atoms with Crippen LogP contribution in [0, 0.1) is 6.92 Å². The second-order valence-electron chi connectivity index (χ2n) is 6.07. The molecule has 9 heteroatoms. The van der Waals surface area contributed by atoms with Crippen molar-refractivity contribution in [3.63, 3.8) is 0 Å². The molecule has 0 aliphatic carbocycles. The quantitative estimate of drug-likeness (QED) is 0.818. The van der Waals surface area contributed by atoms with Crippen LogP contribution in [0.25, 0.3) is 0 Å². The Hall–Kier alpha value is -1.45. The number of halogens is 1. The fourth-order valence-corrected chi connectivity index (χ4v) is 5.54. The second kappa shape index (κ2) is 8.06. The van der Waals surface area contributed by atoms with E-state index in [9.17, 15) is 13.2 Å². The summed E-state index contributed by atoms with van der Waals surface area (Å²) in [5.41, 5.74) is 1.52. The predicted octanol–water partition coefficient (Wildman–Crippen LogP) is 2.65. The predicted molar refractivity (Wildman–Crippen MR) is 104 cm³/mol. The van der Waals surface area contributed by atoms with Crippen LogP contribution >= 0.6 is 22.9 Å². The Morgan fingerprint density at radius 3 is 2.58 bits per heavy atom. The van der Waals surface area contributed by atoms with E-state index in [1.54, 1.807) is 29.6 Å². The number of hydrogen-bond acceptors (Lipinski definition) is 5. The molecule has 1 aromatic heterocycles. The van der Waals surface area contributed by atoms with E-state index in [1.165, 1.54) is 15.6 Å². The van der Waals surface area contributed by atoms with Crippen molar-refractivity contribution >= 4 is 44.6 Å². The van der Waals surface area contributed by atoms with Crippen molar-refractivity contribution in [3.05, 3.63) is 46.3 Å². The molecule has 1 aromatic carbocycles. The summed E-state index contributed by atoms with van der Waals surface area (Å²) in [6.45, 7) is 3.87. The van der Waals surface area contributed by atoms with Gasteiger partial charge in [-0.3, -0.25) is 9.69 Å². The van der Waals surface area contributed by atoms with Gasteiger partial charge in [-0.2, -0.15) is 4.31 Å². The molecule has 1 aliphatic rings. The third-order valence-electron chi connectivity index (χ3n) is 4.33. The number of rotatable bonds is 5. The molecule has 0 radical (unpaired) electrons. The molecular weight excluding hydrogens is 394 g/mol. The summed E-state index contributed by atoms with van der Waals surface area (Å²) in [7, 11) is -3.42. The van der Waals surface area contributed by atoms with Crippen LogP contribution in [0.3, 0.4) is 0 Å². The number of amides is 1. The number of thiophene rings is 1. The molecule has 2 heterocycles. The zero-order valence-corrected chi connectivity index (χ0v) is 16.7. The molecule has 1 amide bonds. The lowest BCUT2D eigenvalue weighted by atomic mass is 10.2. The monoisotopic (exact) mass is 413 g/mol. The van der Waals surface area contributed by atoms with Crippen LogP contribution in [0.2, 0.25) is 5.02 Å². The number of nitrogens with zero attached hydrogens (tertiary/aromatic N) is 2. The molecule has 2 aromatic rings. The third kappa shape index (κ3) is 4.27. The number of hydrogen-bond donors (Lipinski definition) is 1. The smallest absolute Gasteiger partial charge is 0.252 e. The fraction of sp³-hybridized carbons (Fsp3) is 0.353. The lowest BCUT2D eigenvalue weighted by Crippen LogP contribution is -2.50. The molecule has 6 nitrogen and oxygen atoms in total. The summed E-state index contributed by atoms with van der Waals surface area (Å²) in [5.74, 6) is -0.134. The average molecular weight is 414 g/mol. The van der Waals surface area contributed by atoms with Crippen LogP contribution in [-0.2, 0) is 14.8 Å². The molecule has 140 valence electrons. The molecule has 0 bridgehead atoms. The van der Waals surface area contributed by atoms with Crippen LogP contribution in [0.15, 0.2) is 39.9 Å². The normalized spacial score (nSPS) is 16.5. The van der Waals surface area contributed by atoms with Crippen molar-refractivity contribution in [1.82, 2.24) is 9.21 Å². The van der Waals surface area contributed by atoms with Gasteiger partial charge in [-0.1, -0.05) is 23.7 Å². The largest absolute Gasteiger partial charge is 0.325 e. The standard InChI is InChI=1S/C17H20ClN3O3S2/c1-13-14(18)4-2-5-15(13)19-16(22)12-20-7-9-21(10-8-20)26(23,24)17-6-3-11-25-17/h2-6,11H,7-10,12H2,1H3,(H,19,22). The molecule has 1 aliphatic heterocycles. The highest BCUT2D eigenvalue weighted by molar-refractivity contribution is 7.91. The van der Waals surface area contributed by atoms with Crippen molar-refractivity contribution in [2.45, 2.75) is 11.1 Å². The van der Waals surface area contributed by atoms with E-state index in [0.717, 1.165) is 5.56 Å². The van der Waals surface area contributed by atoms with Crippen molar-refractivity contribution in [1.29, 1.82) is 0 Å². The van der Waals surface area contributed by atoms with Crippen LogP contribution < -0.4 is 5.32 Å². The summed E-state index contributed by atoms with van der Waals surface area (Å²) < 4.78 is 26.9. The summed E-state index contributed by atoms with van der Waals surface area (Å²) in [6.07, 6.45) is 0. The second-order valence-corrected chi connectivity index (χ2v) is 9.59. The van der Waals surface area contributed by atoms with Crippen molar-refractivity contribution in [3.8, 4) is 0 Å². The number of nitrogens with one attached hydrogen (secondary N) is 1. The maximum atomic E-state index is 12.5. The van der Waals surface area contributed by atoms with Gasteiger partial charge in [-0.15, -0.1) is 11.3 Å². The van der Waals surface area contributed by atoms with Gasteiger partial charge in [-0.05, 0) is 36.1 Å². The lowest BCUT2D eigenvalue weighted by Gasteiger charge is -2.33. The fourth-order valence-electron chi connectivity index (χ4n) is 2.80. The van der Waals surface area contributed by atoms with Gasteiger partial charge in [0.05, 0.1) is 6.54 Å². The van der Waals surface area contributed by atoms with E-state index in [2.05, 4.69) is 5.32 Å². The highest BCUT2D eigenvalue weighted by Crippen LogP contribution is 2.23. The minimum Gasteiger partial charge on any atom is -0.325 e. The average Bonchev–Trinajstić information content (AvgIpc) is 3.15. The number of benzene rings is 1. The minimum atomic E-state index is -3.42. The van der Waals surface area contributed by atoms with Crippen LogP contribution in [0.4, 0.5) is 5.69 Å². The number of anilines is 1. The zero-order valence-electron chi connectivity index (χ0n) is 14.3. The first kappa shape index (κ1) is 19.3. The summed E-state index contributed by atoms with van der Waals surface area (Å²) in [5, 5.41) is 5.23. The highest BCUT2D eigenvalue weighted by atomic mass is 35.5. The summed E-state index contributed by atoms with van der Waals surface area (Å²) in [4.78, 5) is 14.2. The Balaban J connectivity index is 1.54. The van der Waals surface area contributed by atoms with Gasteiger partial charge < -0.3 is 5.32 Å². The molecule has 1 saturated heterocycles. The number of piperazine rings is 1. The van der Waals surface area contributed by atoms with Gasteiger partial charge in [0.1, 0.15) is 4.21 Å². The van der Waals surface area contributed by atoms with Crippen LogP contribution in [-0.4, -0.2) is 56.3 Å². The Morgan fingerprint density at radius 1 is 1.19 bits per heavy atom. The number of carbonyl (C=O) groups is 1. The van der Waals surface area contributed by atoms with E-state index in [1.807, 2.05) is 17.9 Å². The van der Waals surface area contributed by atoms with E-state index >= 15 is 0 Å². The third-order valence-corrected chi connectivity index (χ3v) is 8.01. The molecule has 0 atom stereocenters. The molecule has 3 rings (SSSR count). The highest BCUT2D eigenvalue weighted by Gasteiger charge is 2.29. The SMILES string of the molecule is Cc1c(Cl)cccc1NC(=O)CN1CCN(S(=O)(=O)c2cccs2)CC1. The van der Waals surface area contributed by atoms with Gasteiger partial charge in [0, 0.05) is 36.9 Å². The maximum absolute atomic E-state index is 12.5. The Bertz CT molecular complexity index is 877. The van der Waals surface area contributed by atoms with Crippen molar-refractivity contribution in [2.75, 3.05) is 38.0 Å². The van der Waals surface area contributed by atoms with Gasteiger partial charge >= 0.3 is 0 Å². The van der Waals surface area contributed by atoms with Gasteiger partial charge in [0.15, 0.2) is 0 Å². The van der Waals surface area contributed by atoms with E-state index < -0.39 is 10.0 Å². The molecule has 0 saturated carbocycles. The van der Waals surface area contributed by atoms with E-state index in [-0.39, 0.29) is 12.5 Å². The summed E-state index contributed by atoms with van der Waals surface area (Å²) in [6, 6.07) is 8.73. The number of carbonyl (C=O) groups excluding carboxylic acids is 1. The number of sulfonamides is 1. The molecule has 1 N–H and O–H groups in total. The Kier molecular flexibility index (Phi) is 5.99. The lowest BCUT2D eigenvalue weighted by molar-refractivity contribution is -0.117. The molecular formula is C17H20ClN3O3S2. The van der Waals surface area contributed by atoms with Crippen molar-refractivity contribution < 1.29 is 13.2 Å². The maximum Gasteiger partial charge on any atom is 0.252 e. The van der Waals surface area contributed by atoms with Crippen molar-refractivity contribution in [2.24, 2.45) is 0 Å². The molecule has 0 spiro atoms. The van der Waals surface area contributed by atoms with Crippen LogP contribution in [0.5, 0.6) is 0 Å². The topological polar surface area (TPSA) is 69.7 Å². The van der Waals surface area contributed by atoms with Gasteiger partial charge in [0.2, 0.25) is 5.91 Å². The summed E-state index contributed by atoms with van der Waals surface area (Å²) >= 11 is 7.29. The van der Waals surface area contributed by atoms with E-state index in [0.29, 0.717) is 41.1 Å². The first-order valence-corrected chi connectivity index (χ1v) is 10.9.